The van der Waals surface area contributed by atoms with Crippen molar-refractivity contribution < 1.29 is 5.11 Å². The maximum absolute atomic E-state index is 9.73. The van der Waals surface area contributed by atoms with Crippen LogP contribution < -0.4 is 0 Å². The summed E-state index contributed by atoms with van der Waals surface area (Å²) in [7, 11) is 0. The number of aliphatic hydroxyl groups excluding tert-OH is 1. The molecule has 0 saturated heterocycles. The van der Waals surface area contributed by atoms with Gasteiger partial charge in [0.15, 0.2) is 0 Å². The Bertz CT molecular complexity index is 273. The minimum atomic E-state index is -0.268. The highest BCUT2D eigenvalue weighted by Crippen LogP contribution is 2.41. The van der Waals surface area contributed by atoms with Crippen LogP contribution in [0.5, 0.6) is 0 Å². The van der Waals surface area contributed by atoms with Crippen molar-refractivity contribution in [3.8, 4) is 0 Å². The molecule has 0 radical (unpaired) electrons. The van der Waals surface area contributed by atoms with E-state index in [0.29, 0.717) is 11.3 Å². The van der Waals surface area contributed by atoms with Crippen molar-refractivity contribution in [2.45, 2.75) is 59.5 Å². The maximum atomic E-state index is 9.73. The van der Waals surface area contributed by atoms with Gasteiger partial charge in [0.2, 0.25) is 0 Å². The molecule has 2 unspecified atom stereocenters. The van der Waals surface area contributed by atoms with E-state index in [4.69, 9.17) is 0 Å². The van der Waals surface area contributed by atoms with Gasteiger partial charge in [0.1, 0.15) is 0 Å². The quantitative estimate of drug-likeness (QED) is 0.710. The third-order valence-electron chi connectivity index (χ3n) is 3.70. The summed E-state index contributed by atoms with van der Waals surface area (Å²) in [6, 6.07) is 0. The number of aliphatic hydroxyl groups is 1. The minimum absolute atomic E-state index is 0.268. The molecule has 0 aliphatic heterocycles. The van der Waals surface area contributed by atoms with Crippen LogP contribution in [0.4, 0.5) is 0 Å². The highest BCUT2D eigenvalue weighted by atomic mass is 16.3. The fourth-order valence-corrected chi connectivity index (χ4v) is 2.61. The molecular weight excluding hydrogens is 196 g/mol. The van der Waals surface area contributed by atoms with Crippen molar-refractivity contribution in [1.82, 2.24) is 0 Å². The Morgan fingerprint density at radius 1 is 1.56 bits per heavy atom. The van der Waals surface area contributed by atoms with Crippen molar-refractivity contribution in [3.63, 3.8) is 0 Å². The van der Waals surface area contributed by atoms with Gasteiger partial charge in [-0.1, -0.05) is 51.0 Å². The van der Waals surface area contributed by atoms with Crippen LogP contribution in [0.3, 0.4) is 0 Å². The van der Waals surface area contributed by atoms with E-state index in [9.17, 15) is 5.11 Å². The largest absolute Gasteiger partial charge is 0.389 e. The molecule has 0 aromatic carbocycles. The van der Waals surface area contributed by atoms with Gasteiger partial charge in [0.05, 0.1) is 6.10 Å². The Balaban J connectivity index is 2.69. The summed E-state index contributed by atoms with van der Waals surface area (Å²) in [4.78, 5) is 0. The van der Waals surface area contributed by atoms with Crippen molar-refractivity contribution in [1.29, 1.82) is 0 Å². The zero-order valence-corrected chi connectivity index (χ0v) is 11.2. The summed E-state index contributed by atoms with van der Waals surface area (Å²) in [6.07, 6.45) is 10.6. The first-order valence-electron chi connectivity index (χ1n) is 6.50. The number of allylic oxidation sites excluding steroid dienone is 3. The summed E-state index contributed by atoms with van der Waals surface area (Å²) in [5.41, 5.74) is 1.79. The molecule has 0 fully saturated rings. The molecule has 1 aliphatic rings. The van der Waals surface area contributed by atoms with Crippen molar-refractivity contribution in [2.24, 2.45) is 11.3 Å². The molecule has 2 atom stereocenters. The van der Waals surface area contributed by atoms with Gasteiger partial charge in [-0.05, 0) is 31.6 Å². The zero-order valence-electron chi connectivity index (χ0n) is 11.2. The highest BCUT2D eigenvalue weighted by molar-refractivity contribution is 5.19. The lowest BCUT2D eigenvalue weighted by molar-refractivity contribution is 0.207. The predicted molar refractivity (Wildman–Crippen MR) is 70.3 cm³/mol. The SMILES string of the molecule is CCCC(O)C=CC1C(C)=CCCC1(C)C. The second-order valence-corrected chi connectivity index (χ2v) is 5.69. The van der Waals surface area contributed by atoms with Crippen LogP contribution in [-0.4, -0.2) is 11.2 Å². The molecular formula is C15H26O. The molecule has 92 valence electrons. The first-order valence-corrected chi connectivity index (χ1v) is 6.50. The van der Waals surface area contributed by atoms with Gasteiger partial charge in [-0.2, -0.15) is 0 Å². The highest BCUT2D eigenvalue weighted by Gasteiger charge is 2.30. The van der Waals surface area contributed by atoms with Gasteiger partial charge >= 0.3 is 0 Å². The molecule has 0 amide bonds. The van der Waals surface area contributed by atoms with Crippen LogP contribution in [0.1, 0.15) is 53.4 Å². The van der Waals surface area contributed by atoms with Crippen LogP contribution in [0.2, 0.25) is 0 Å². The minimum Gasteiger partial charge on any atom is -0.389 e. The van der Waals surface area contributed by atoms with Crippen LogP contribution in [0.25, 0.3) is 0 Å². The summed E-state index contributed by atoms with van der Waals surface area (Å²) in [6.45, 7) is 8.96. The lowest BCUT2D eigenvalue weighted by Gasteiger charge is -2.36. The van der Waals surface area contributed by atoms with Gasteiger partial charge in [0.25, 0.3) is 0 Å². The Morgan fingerprint density at radius 3 is 2.81 bits per heavy atom. The number of rotatable bonds is 4. The van der Waals surface area contributed by atoms with E-state index in [1.54, 1.807) is 0 Å². The molecule has 0 saturated carbocycles. The lowest BCUT2D eigenvalue weighted by Crippen LogP contribution is -2.26. The third-order valence-corrected chi connectivity index (χ3v) is 3.70. The topological polar surface area (TPSA) is 20.2 Å². The first kappa shape index (κ1) is 13.5. The second-order valence-electron chi connectivity index (χ2n) is 5.69. The zero-order chi connectivity index (χ0) is 12.2. The lowest BCUT2D eigenvalue weighted by atomic mass is 9.68. The number of hydrogen-bond acceptors (Lipinski definition) is 1. The summed E-state index contributed by atoms with van der Waals surface area (Å²) >= 11 is 0. The molecule has 1 N–H and O–H groups in total. The second kappa shape index (κ2) is 5.67. The number of hydrogen-bond donors (Lipinski definition) is 1. The predicted octanol–water partition coefficient (Wildman–Crippen LogP) is 4.09. The van der Waals surface area contributed by atoms with Gasteiger partial charge in [-0.25, -0.2) is 0 Å². The average Bonchev–Trinajstić information content (AvgIpc) is 2.16. The molecule has 0 heterocycles. The molecule has 0 aromatic heterocycles. The van der Waals surface area contributed by atoms with Gasteiger partial charge < -0.3 is 5.11 Å². The van der Waals surface area contributed by atoms with E-state index in [0.717, 1.165) is 12.8 Å². The van der Waals surface area contributed by atoms with Gasteiger partial charge in [-0.3, -0.25) is 0 Å². The Kier molecular flexibility index (Phi) is 4.79. The van der Waals surface area contributed by atoms with E-state index in [1.807, 2.05) is 6.08 Å². The molecule has 1 nitrogen and oxygen atoms in total. The normalized spacial score (nSPS) is 26.8. The summed E-state index contributed by atoms with van der Waals surface area (Å²) in [5.74, 6) is 0.493. The average molecular weight is 222 g/mol. The summed E-state index contributed by atoms with van der Waals surface area (Å²) < 4.78 is 0. The van der Waals surface area contributed by atoms with Crippen LogP contribution >= 0.6 is 0 Å². The smallest absolute Gasteiger partial charge is 0.0721 e. The van der Waals surface area contributed by atoms with Crippen LogP contribution in [0.15, 0.2) is 23.8 Å². The van der Waals surface area contributed by atoms with Crippen LogP contribution in [0, 0.1) is 11.3 Å². The van der Waals surface area contributed by atoms with Gasteiger partial charge in [-0.15, -0.1) is 0 Å². The molecule has 1 aliphatic carbocycles. The van der Waals surface area contributed by atoms with Crippen molar-refractivity contribution >= 4 is 0 Å². The molecule has 0 spiro atoms. The Hall–Kier alpha value is -0.560. The monoisotopic (exact) mass is 222 g/mol. The molecule has 0 bridgehead atoms. The first-order chi connectivity index (χ1) is 7.47. The fourth-order valence-electron chi connectivity index (χ4n) is 2.61. The molecule has 1 heteroatoms. The van der Waals surface area contributed by atoms with Crippen molar-refractivity contribution in [2.75, 3.05) is 0 Å². The Labute approximate surface area is 100 Å². The van der Waals surface area contributed by atoms with E-state index in [2.05, 4.69) is 39.8 Å². The van der Waals surface area contributed by atoms with Gasteiger partial charge in [0, 0.05) is 5.92 Å². The maximum Gasteiger partial charge on any atom is 0.0721 e. The molecule has 16 heavy (non-hydrogen) atoms. The van der Waals surface area contributed by atoms with E-state index in [-0.39, 0.29) is 6.10 Å². The fraction of sp³-hybridized carbons (Fsp3) is 0.733. The molecule has 1 rings (SSSR count). The standard InChI is InChI=1S/C15H26O/c1-5-7-13(16)9-10-14-12(2)8-6-11-15(14,3)4/h8-10,13-14,16H,5-7,11H2,1-4H3. The molecule has 0 aromatic rings. The third kappa shape index (κ3) is 3.48. The van der Waals surface area contributed by atoms with E-state index >= 15 is 0 Å². The van der Waals surface area contributed by atoms with Crippen LogP contribution in [-0.2, 0) is 0 Å². The van der Waals surface area contributed by atoms with Crippen molar-refractivity contribution in [3.05, 3.63) is 23.8 Å². The Morgan fingerprint density at radius 2 is 2.25 bits per heavy atom. The van der Waals surface area contributed by atoms with E-state index < -0.39 is 0 Å². The summed E-state index contributed by atoms with van der Waals surface area (Å²) in [5, 5.41) is 9.73. The van der Waals surface area contributed by atoms with E-state index in [1.165, 1.54) is 18.4 Å².